The average molecular weight is 172 g/mol. The highest BCUT2D eigenvalue weighted by Gasteiger charge is 2.09. The van der Waals surface area contributed by atoms with Crippen LogP contribution in [-0.4, -0.2) is 20.4 Å². The average Bonchev–Trinajstić information content (AvgIpc) is 2.16. The molecule has 1 rings (SSSR count). The second-order valence-corrected chi connectivity index (χ2v) is 2.26. The van der Waals surface area contributed by atoms with Crippen LogP contribution >= 0.6 is 0 Å². The number of aromatic nitrogens is 2. The van der Waals surface area contributed by atoms with E-state index in [1.165, 1.54) is 7.05 Å². The Hall–Kier alpha value is -1.72. The van der Waals surface area contributed by atoms with Crippen LogP contribution in [0.2, 0.25) is 0 Å². The molecule has 0 spiro atoms. The van der Waals surface area contributed by atoms with Gasteiger partial charge in [0.25, 0.3) is 0 Å². The van der Waals surface area contributed by atoms with Crippen LogP contribution in [0.1, 0.15) is 6.92 Å². The number of carbonyl (C=O) groups excluding carboxylic acids is 1. The zero-order chi connectivity index (χ0) is 9.30. The van der Waals surface area contributed by atoms with Crippen LogP contribution in [0, 0.1) is 0 Å². The fourth-order valence-corrected chi connectivity index (χ4v) is 0.736. The smallest absolute Gasteiger partial charge is 0.364 e. The van der Waals surface area contributed by atoms with Crippen LogP contribution in [0.25, 0.3) is 0 Å². The molecule has 0 aliphatic heterocycles. The molecule has 66 valence electrons. The predicted molar refractivity (Wildman–Crippen MR) is 38.6 cm³/mol. The highest BCUT2D eigenvalue weighted by Crippen LogP contribution is 2.01. The van der Waals surface area contributed by atoms with E-state index in [1.54, 1.807) is 0 Å². The molecule has 0 saturated heterocycles. The van der Waals surface area contributed by atoms with Gasteiger partial charge in [0.2, 0.25) is 5.88 Å². The summed E-state index contributed by atoms with van der Waals surface area (Å²) in [4.78, 5) is 25.8. The molecule has 0 aliphatic carbocycles. The van der Waals surface area contributed by atoms with Gasteiger partial charge < -0.3 is 9.94 Å². The fourth-order valence-electron chi connectivity index (χ4n) is 0.736. The summed E-state index contributed by atoms with van der Waals surface area (Å²) in [5, 5.41) is 9.03. The van der Waals surface area contributed by atoms with E-state index >= 15 is 0 Å². The normalized spacial score (nSPS) is 9.83. The zero-order valence-electron chi connectivity index (χ0n) is 6.64. The largest absolute Gasteiger partial charge is 0.491 e. The van der Waals surface area contributed by atoms with Gasteiger partial charge in [0.05, 0.1) is 6.20 Å². The third-order valence-electron chi connectivity index (χ3n) is 1.21. The lowest BCUT2D eigenvalue weighted by atomic mass is 10.8. The molecule has 0 aliphatic rings. The van der Waals surface area contributed by atoms with Crippen molar-refractivity contribution in [2.24, 2.45) is 7.05 Å². The highest BCUT2D eigenvalue weighted by molar-refractivity contribution is 5.66. The van der Waals surface area contributed by atoms with Crippen molar-refractivity contribution >= 4 is 5.97 Å². The summed E-state index contributed by atoms with van der Waals surface area (Å²) in [6, 6.07) is 0. The van der Waals surface area contributed by atoms with Crippen molar-refractivity contribution < 1.29 is 14.7 Å². The van der Waals surface area contributed by atoms with Crippen LogP contribution < -0.4 is 10.5 Å². The van der Waals surface area contributed by atoms with Crippen molar-refractivity contribution in [2.75, 3.05) is 0 Å². The van der Waals surface area contributed by atoms with E-state index in [2.05, 4.69) is 4.84 Å². The number of aryl methyl sites for hydroxylation is 1. The Morgan fingerprint density at radius 3 is 2.58 bits per heavy atom. The number of aromatic hydroxyl groups is 1. The number of carbonyl (C=O) groups is 1. The predicted octanol–water partition coefficient (Wildman–Crippen LogP) is -1.13. The lowest BCUT2D eigenvalue weighted by Gasteiger charge is -1.98. The molecule has 12 heavy (non-hydrogen) atoms. The Kier molecular flexibility index (Phi) is 1.90. The number of hydrogen-bond acceptors (Lipinski definition) is 4. The van der Waals surface area contributed by atoms with Crippen molar-refractivity contribution in [1.29, 1.82) is 0 Å². The van der Waals surface area contributed by atoms with Gasteiger partial charge in [-0.05, 0) is 0 Å². The summed E-state index contributed by atoms with van der Waals surface area (Å²) in [5.74, 6) is -1.07. The molecule has 1 aromatic heterocycles. The quantitative estimate of drug-likeness (QED) is 0.581. The van der Waals surface area contributed by atoms with E-state index in [-0.39, 0.29) is 0 Å². The third kappa shape index (κ3) is 1.31. The number of rotatable bonds is 1. The van der Waals surface area contributed by atoms with Gasteiger partial charge in [0.15, 0.2) is 0 Å². The van der Waals surface area contributed by atoms with Gasteiger partial charge in [0.1, 0.15) is 0 Å². The Morgan fingerprint density at radius 1 is 1.67 bits per heavy atom. The van der Waals surface area contributed by atoms with Crippen molar-refractivity contribution in [3.05, 3.63) is 16.7 Å². The molecule has 0 bridgehead atoms. The van der Waals surface area contributed by atoms with Crippen molar-refractivity contribution in [3.63, 3.8) is 0 Å². The van der Waals surface area contributed by atoms with Gasteiger partial charge in [-0.1, -0.05) is 4.73 Å². The lowest BCUT2D eigenvalue weighted by molar-refractivity contribution is -0.142. The van der Waals surface area contributed by atoms with Gasteiger partial charge in [-0.25, -0.2) is 9.59 Å². The van der Waals surface area contributed by atoms with Gasteiger partial charge in [-0.3, -0.25) is 4.57 Å². The van der Waals surface area contributed by atoms with E-state index in [0.717, 1.165) is 17.7 Å². The van der Waals surface area contributed by atoms with E-state index in [4.69, 9.17) is 5.11 Å². The van der Waals surface area contributed by atoms with E-state index < -0.39 is 17.5 Å². The first-order valence-electron chi connectivity index (χ1n) is 3.18. The molecule has 0 saturated carbocycles. The summed E-state index contributed by atoms with van der Waals surface area (Å²) in [7, 11) is 1.43. The van der Waals surface area contributed by atoms with Crippen LogP contribution in [0.15, 0.2) is 11.0 Å². The topological polar surface area (TPSA) is 73.5 Å². The molecule has 0 amide bonds. The molecule has 0 aromatic carbocycles. The van der Waals surface area contributed by atoms with Crippen LogP contribution in [0.4, 0.5) is 0 Å². The standard InChI is InChI=1S/C6H8N2O4/c1-4(9)12-8-5(10)3-7(2)6(8)11/h3,10H,1-2H3. The first-order chi connectivity index (χ1) is 5.52. The highest BCUT2D eigenvalue weighted by atomic mass is 16.7. The summed E-state index contributed by atoms with van der Waals surface area (Å²) in [6.07, 6.45) is 1.14. The zero-order valence-corrected chi connectivity index (χ0v) is 6.64. The first-order valence-corrected chi connectivity index (χ1v) is 3.18. The van der Waals surface area contributed by atoms with Gasteiger partial charge in [0, 0.05) is 14.0 Å². The maximum Gasteiger partial charge on any atom is 0.364 e. The maximum atomic E-state index is 11.0. The Balaban J connectivity index is 3.14. The molecule has 1 aromatic rings. The molecule has 1 N–H and O–H groups in total. The minimum atomic E-state index is -0.668. The minimum Gasteiger partial charge on any atom is -0.491 e. The van der Waals surface area contributed by atoms with Crippen LogP contribution in [0.5, 0.6) is 5.88 Å². The van der Waals surface area contributed by atoms with Crippen molar-refractivity contribution in [1.82, 2.24) is 9.30 Å². The van der Waals surface area contributed by atoms with E-state index in [0.29, 0.717) is 4.73 Å². The molecule has 6 nitrogen and oxygen atoms in total. The molecule has 0 atom stereocenters. The summed E-state index contributed by atoms with van der Waals surface area (Å²) >= 11 is 0. The maximum absolute atomic E-state index is 11.0. The summed E-state index contributed by atoms with van der Waals surface area (Å²) in [6.45, 7) is 1.14. The minimum absolute atomic E-state index is 0.405. The van der Waals surface area contributed by atoms with Gasteiger partial charge >= 0.3 is 11.7 Å². The van der Waals surface area contributed by atoms with Crippen LogP contribution in [-0.2, 0) is 11.8 Å². The third-order valence-corrected chi connectivity index (χ3v) is 1.21. The first kappa shape index (κ1) is 8.38. The van der Waals surface area contributed by atoms with Crippen molar-refractivity contribution in [2.45, 2.75) is 6.92 Å². The number of nitrogens with zero attached hydrogens (tertiary/aromatic N) is 2. The van der Waals surface area contributed by atoms with Crippen LogP contribution in [0.3, 0.4) is 0 Å². The molecule has 0 fully saturated rings. The molecule has 6 heteroatoms. The Morgan fingerprint density at radius 2 is 2.25 bits per heavy atom. The second-order valence-electron chi connectivity index (χ2n) is 2.26. The molecule has 0 radical (unpaired) electrons. The van der Waals surface area contributed by atoms with Crippen molar-refractivity contribution in [3.8, 4) is 5.88 Å². The number of hydrogen-bond donors (Lipinski definition) is 1. The van der Waals surface area contributed by atoms with E-state index in [9.17, 15) is 9.59 Å². The Labute approximate surface area is 67.6 Å². The summed E-state index contributed by atoms with van der Waals surface area (Å²) in [5.41, 5.74) is -0.609. The molecular weight excluding hydrogens is 164 g/mol. The van der Waals surface area contributed by atoms with Gasteiger partial charge in [-0.2, -0.15) is 0 Å². The van der Waals surface area contributed by atoms with E-state index in [1.807, 2.05) is 0 Å². The molecular formula is C6H8N2O4. The lowest BCUT2D eigenvalue weighted by Crippen LogP contribution is -2.29. The monoisotopic (exact) mass is 172 g/mol. The Bertz CT molecular complexity index is 362. The second kappa shape index (κ2) is 2.72. The molecule has 1 heterocycles. The summed E-state index contributed by atoms with van der Waals surface area (Å²) < 4.78 is 1.61. The SMILES string of the molecule is CC(=O)On1c(O)cn(C)c1=O. The fraction of sp³-hybridized carbons (Fsp3) is 0.333. The molecule has 0 unspecified atom stereocenters. The number of imidazole rings is 1. The van der Waals surface area contributed by atoms with Gasteiger partial charge in [-0.15, -0.1) is 0 Å².